The van der Waals surface area contributed by atoms with Gasteiger partial charge in [0.05, 0.1) is 5.69 Å². The summed E-state index contributed by atoms with van der Waals surface area (Å²) in [5.41, 5.74) is 1.18. The molecule has 1 N–H and O–H groups in total. The Kier molecular flexibility index (Phi) is 4.88. The number of hydrogen-bond donors (Lipinski definition) is 1. The summed E-state index contributed by atoms with van der Waals surface area (Å²) < 4.78 is 0. The molecule has 2 aromatic rings. The monoisotopic (exact) mass is 277 g/mol. The number of thiophene rings is 1. The number of nitrogens with one attached hydrogen (secondary N) is 1. The fourth-order valence-corrected chi connectivity index (χ4v) is 3.26. The SMILES string of the molecule is CCNC(Cc1ncnc2sc(CC)cc12)C(C)C. The van der Waals surface area contributed by atoms with E-state index in [4.69, 9.17) is 0 Å². The maximum Gasteiger partial charge on any atom is 0.127 e. The lowest BCUT2D eigenvalue weighted by Crippen LogP contribution is -2.35. The van der Waals surface area contributed by atoms with Crippen LogP contribution in [0.15, 0.2) is 12.4 Å². The molecule has 1 unspecified atom stereocenters. The van der Waals surface area contributed by atoms with Gasteiger partial charge in [-0.25, -0.2) is 9.97 Å². The Balaban J connectivity index is 2.30. The van der Waals surface area contributed by atoms with E-state index in [1.165, 1.54) is 16.0 Å². The van der Waals surface area contributed by atoms with Crippen LogP contribution >= 0.6 is 11.3 Å². The second-order valence-electron chi connectivity index (χ2n) is 5.22. The Morgan fingerprint density at radius 1 is 1.26 bits per heavy atom. The van der Waals surface area contributed by atoms with Gasteiger partial charge in [-0.2, -0.15) is 0 Å². The highest BCUT2D eigenvalue weighted by Crippen LogP contribution is 2.26. The highest BCUT2D eigenvalue weighted by molar-refractivity contribution is 7.18. The van der Waals surface area contributed by atoms with Gasteiger partial charge >= 0.3 is 0 Å². The fraction of sp³-hybridized carbons (Fsp3) is 0.600. The van der Waals surface area contributed by atoms with Crippen molar-refractivity contribution >= 4 is 21.6 Å². The van der Waals surface area contributed by atoms with Crippen LogP contribution in [-0.2, 0) is 12.8 Å². The number of aryl methyl sites for hydroxylation is 1. The smallest absolute Gasteiger partial charge is 0.127 e. The number of nitrogens with zero attached hydrogens (tertiary/aromatic N) is 2. The first-order chi connectivity index (χ1) is 9.15. The molecule has 19 heavy (non-hydrogen) atoms. The van der Waals surface area contributed by atoms with Crippen molar-refractivity contribution in [1.29, 1.82) is 0 Å². The Labute approximate surface area is 119 Å². The summed E-state index contributed by atoms with van der Waals surface area (Å²) in [6.07, 6.45) is 3.75. The second-order valence-corrected chi connectivity index (χ2v) is 6.33. The predicted octanol–water partition coefficient (Wildman–Crippen LogP) is 3.43. The van der Waals surface area contributed by atoms with E-state index >= 15 is 0 Å². The molecule has 0 aromatic carbocycles. The second kappa shape index (κ2) is 6.44. The highest BCUT2D eigenvalue weighted by Gasteiger charge is 2.16. The first-order valence-electron chi connectivity index (χ1n) is 7.11. The lowest BCUT2D eigenvalue weighted by atomic mass is 9.98. The van der Waals surface area contributed by atoms with Crippen LogP contribution in [0.4, 0.5) is 0 Å². The van der Waals surface area contributed by atoms with E-state index in [-0.39, 0.29) is 0 Å². The maximum absolute atomic E-state index is 4.51. The van der Waals surface area contributed by atoms with Crippen molar-refractivity contribution < 1.29 is 0 Å². The van der Waals surface area contributed by atoms with Crippen LogP contribution in [0, 0.1) is 5.92 Å². The molecule has 2 rings (SSSR count). The van der Waals surface area contributed by atoms with Crippen molar-refractivity contribution in [3.63, 3.8) is 0 Å². The van der Waals surface area contributed by atoms with Crippen LogP contribution in [-0.4, -0.2) is 22.6 Å². The number of aromatic nitrogens is 2. The molecule has 0 saturated heterocycles. The molecule has 3 nitrogen and oxygen atoms in total. The van der Waals surface area contributed by atoms with Gasteiger partial charge in [0.25, 0.3) is 0 Å². The normalized spacial score (nSPS) is 13.3. The third-order valence-electron chi connectivity index (χ3n) is 3.50. The van der Waals surface area contributed by atoms with Gasteiger partial charge in [-0.05, 0) is 24.9 Å². The molecule has 0 aliphatic rings. The summed E-state index contributed by atoms with van der Waals surface area (Å²) in [5.74, 6) is 0.606. The summed E-state index contributed by atoms with van der Waals surface area (Å²) >= 11 is 1.79. The van der Waals surface area contributed by atoms with Gasteiger partial charge in [0.1, 0.15) is 11.2 Å². The van der Waals surface area contributed by atoms with Gasteiger partial charge in [0.2, 0.25) is 0 Å². The molecule has 4 heteroatoms. The minimum atomic E-state index is 0.480. The van der Waals surface area contributed by atoms with Crippen molar-refractivity contribution in [3.8, 4) is 0 Å². The van der Waals surface area contributed by atoms with Gasteiger partial charge in [0, 0.05) is 22.7 Å². The topological polar surface area (TPSA) is 37.8 Å². The molecule has 0 bridgehead atoms. The first-order valence-corrected chi connectivity index (χ1v) is 7.93. The van der Waals surface area contributed by atoms with E-state index in [9.17, 15) is 0 Å². The summed E-state index contributed by atoms with van der Waals surface area (Å²) in [6.45, 7) is 9.87. The minimum absolute atomic E-state index is 0.480. The third-order valence-corrected chi connectivity index (χ3v) is 4.68. The van der Waals surface area contributed by atoms with Crippen molar-refractivity contribution in [2.24, 2.45) is 5.92 Å². The molecule has 104 valence electrons. The molecule has 1 atom stereocenters. The highest BCUT2D eigenvalue weighted by atomic mass is 32.1. The molecule has 2 aromatic heterocycles. The van der Waals surface area contributed by atoms with Gasteiger partial charge in [-0.15, -0.1) is 11.3 Å². The van der Waals surface area contributed by atoms with Gasteiger partial charge in [0.15, 0.2) is 0 Å². The molecule has 0 aliphatic heterocycles. The number of rotatable bonds is 6. The first kappa shape index (κ1) is 14.4. The van der Waals surface area contributed by atoms with Crippen LogP contribution < -0.4 is 5.32 Å². The van der Waals surface area contributed by atoms with Crippen LogP contribution in [0.3, 0.4) is 0 Å². The molecule has 0 aliphatic carbocycles. The van der Waals surface area contributed by atoms with E-state index in [2.05, 4.69) is 49.0 Å². The predicted molar refractivity (Wildman–Crippen MR) is 82.8 cm³/mol. The zero-order chi connectivity index (χ0) is 13.8. The Hall–Kier alpha value is -1.00. The van der Waals surface area contributed by atoms with Gasteiger partial charge < -0.3 is 5.32 Å². The molecule has 0 fully saturated rings. The molecule has 0 saturated carbocycles. The van der Waals surface area contributed by atoms with Crippen molar-refractivity contribution in [2.45, 2.75) is 46.6 Å². The van der Waals surface area contributed by atoms with Gasteiger partial charge in [-0.3, -0.25) is 0 Å². The summed E-state index contributed by atoms with van der Waals surface area (Å²) in [7, 11) is 0. The Bertz CT molecular complexity index is 533. The number of hydrogen-bond acceptors (Lipinski definition) is 4. The van der Waals surface area contributed by atoms with Crippen molar-refractivity contribution in [1.82, 2.24) is 15.3 Å². The standard InChI is InChI=1S/C15H23N3S/c1-5-11-7-12-14(17-9-18-15(12)19-11)8-13(10(3)4)16-6-2/h7,9-10,13,16H,5-6,8H2,1-4H3. The largest absolute Gasteiger partial charge is 0.314 e. The van der Waals surface area contributed by atoms with Crippen molar-refractivity contribution in [2.75, 3.05) is 6.54 Å². The lowest BCUT2D eigenvalue weighted by molar-refractivity contribution is 0.403. The minimum Gasteiger partial charge on any atom is -0.314 e. The van der Waals surface area contributed by atoms with E-state index in [1.807, 2.05) is 0 Å². The summed E-state index contributed by atoms with van der Waals surface area (Å²) in [5, 5.41) is 4.80. The van der Waals surface area contributed by atoms with E-state index in [0.29, 0.717) is 12.0 Å². The maximum atomic E-state index is 4.51. The zero-order valence-electron chi connectivity index (χ0n) is 12.2. The number of likely N-dealkylation sites (N-methyl/N-ethyl adjacent to an activating group) is 1. The van der Waals surface area contributed by atoms with Crippen molar-refractivity contribution in [3.05, 3.63) is 23.0 Å². The lowest BCUT2D eigenvalue weighted by Gasteiger charge is -2.21. The van der Waals surface area contributed by atoms with E-state index in [0.717, 1.165) is 24.2 Å². The third kappa shape index (κ3) is 3.31. The van der Waals surface area contributed by atoms with E-state index in [1.54, 1.807) is 17.7 Å². The average molecular weight is 277 g/mol. The summed E-state index contributed by atoms with van der Waals surface area (Å²) in [4.78, 5) is 11.4. The Morgan fingerprint density at radius 2 is 2.05 bits per heavy atom. The zero-order valence-corrected chi connectivity index (χ0v) is 13.0. The van der Waals surface area contributed by atoms with Crippen LogP contribution in [0.5, 0.6) is 0 Å². The summed E-state index contributed by atoms with van der Waals surface area (Å²) in [6, 6.07) is 2.74. The molecule has 0 spiro atoms. The van der Waals surface area contributed by atoms with Gasteiger partial charge in [-0.1, -0.05) is 27.7 Å². The van der Waals surface area contributed by atoms with Crippen LogP contribution in [0.1, 0.15) is 38.3 Å². The molecule has 0 amide bonds. The fourth-order valence-electron chi connectivity index (χ4n) is 2.31. The van der Waals surface area contributed by atoms with Crippen LogP contribution in [0.25, 0.3) is 10.2 Å². The molecule has 2 heterocycles. The molecule has 0 radical (unpaired) electrons. The molecular weight excluding hydrogens is 254 g/mol. The molecular formula is C15H23N3S. The Morgan fingerprint density at radius 3 is 2.68 bits per heavy atom. The average Bonchev–Trinajstić information content (AvgIpc) is 2.82. The van der Waals surface area contributed by atoms with Crippen LogP contribution in [0.2, 0.25) is 0 Å². The van der Waals surface area contributed by atoms with E-state index < -0.39 is 0 Å². The quantitative estimate of drug-likeness (QED) is 0.879. The number of fused-ring (bicyclic) bond motifs is 1.